The molecular weight excluding hydrogens is 328 g/mol. The Balaban J connectivity index is 1.45. The second kappa shape index (κ2) is 7.11. The average Bonchev–Trinajstić information content (AvgIpc) is 2.93. The fourth-order valence-electron chi connectivity index (χ4n) is 3.34. The Hall–Kier alpha value is -1.60. The number of hydrogen-bond acceptors (Lipinski definition) is 5. The van der Waals surface area contributed by atoms with Crippen molar-refractivity contribution >= 4 is 15.7 Å². The van der Waals surface area contributed by atoms with Crippen LogP contribution in [0.4, 0.5) is 0 Å². The van der Waals surface area contributed by atoms with Gasteiger partial charge in [-0.2, -0.15) is 0 Å². The van der Waals surface area contributed by atoms with Crippen molar-refractivity contribution < 1.29 is 17.9 Å². The minimum absolute atomic E-state index is 0.0183. The summed E-state index contributed by atoms with van der Waals surface area (Å²) < 4.78 is 28.8. The van der Waals surface area contributed by atoms with E-state index in [1.165, 1.54) is 0 Å². The van der Waals surface area contributed by atoms with E-state index >= 15 is 0 Å². The smallest absolute Gasteiger partial charge is 0.260 e. The molecule has 0 bridgehead atoms. The zero-order valence-electron chi connectivity index (χ0n) is 14.0. The fraction of sp³-hybridized carbons (Fsp3) is 0.588. The van der Waals surface area contributed by atoms with Crippen molar-refractivity contribution in [3.63, 3.8) is 0 Å². The van der Waals surface area contributed by atoms with Crippen LogP contribution in [-0.2, 0) is 14.6 Å². The molecule has 0 N–H and O–H groups in total. The minimum atomic E-state index is -2.86. The molecular formula is C17H24N2O4S. The number of nitrogens with zero attached hydrogens (tertiary/aromatic N) is 2. The zero-order valence-corrected chi connectivity index (χ0v) is 14.8. The van der Waals surface area contributed by atoms with Gasteiger partial charge in [-0.25, -0.2) is 8.42 Å². The standard InChI is InChI=1S/C17H24N2O4S/c1-14-3-2-4-16(11-14)23-12-17(20)19-8-6-18(7-9-19)15-5-10-24(21,22)13-15/h2-4,11,15H,5-10,12-13H2,1H3. The fourth-order valence-corrected chi connectivity index (χ4v) is 5.10. The summed E-state index contributed by atoms with van der Waals surface area (Å²) >= 11 is 0. The molecule has 2 heterocycles. The van der Waals surface area contributed by atoms with Gasteiger partial charge in [0.1, 0.15) is 5.75 Å². The van der Waals surface area contributed by atoms with Gasteiger partial charge < -0.3 is 9.64 Å². The van der Waals surface area contributed by atoms with Crippen LogP contribution in [0, 0.1) is 6.92 Å². The second-order valence-electron chi connectivity index (χ2n) is 6.58. The maximum Gasteiger partial charge on any atom is 0.260 e. The van der Waals surface area contributed by atoms with Crippen LogP contribution in [-0.4, -0.2) is 74.5 Å². The number of carbonyl (C=O) groups excluding carboxylic acids is 1. The summed E-state index contributed by atoms with van der Waals surface area (Å²) in [7, 11) is -2.86. The number of sulfone groups is 1. The normalized spacial score (nSPS) is 24.0. The molecule has 1 aromatic carbocycles. The molecule has 0 spiro atoms. The first kappa shape index (κ1) is 17.2. The lowest BCUT2D eigenvalue weighted by molar-refractivity contribution is -0.135. The maximum atomic E-state index is 12.3. The van der Waals surface area contributed by atoms with Crippen LogP contribution in [0.15, 0.2) is 24.3 Å². The molecule has 6 nitrogen and oxygen atoms in total. The van der Waals surface area contributed by atoms with E-state index in [1.807, 2.05) is 31.2 Å². The van der Waals surface area contributed by atoms with Crippen molar-refractivity contribution in [2.24, 2.45) is 0 Å². The number of rotatable bonds is 4. The highest BCUT2D eigenvalue weighted by molar-refractivity contribution is 7.91. The Morgan fingerprint density at radius 2 is 2.00 bits per heavy atom. The summed E-state index contributed by atoms with van der Waals surface area (Å²) in [5.41, 5.74) is 1.10. The molecule has 0 aliphatic carbocycles. The summed E-state index contributed by atoms with van der Waals surface area (Å²) in [6.45, 7) is 4.75. The molecule has 0 aromatic heterocycles. The Morgan fingerprint density at radius 3 is 2.62 bits per heavy atom. The van der Waals surface area contributed by atoms with Gasteiger partial charge in [-0.15, -0.1) is 0 Å². The van der Waals surface area contributed by atoms with Crippen LogP contribution in [0.25, 0.3) is 0 Å². The molecule has 24 heavy (non-hydrogen) atoms. The Kier molecular flexibility index (Phi) is 5.10. The summed E-state index contributed by atoms with van der Waals surface area (Å²) in [5.74, 6) is 1.24. The first-order valence-corrected chi connectivity index (χ1v) is 10.2. The van der Waals surface area contributed by atoms with E-state index in [2.05, 4.69) is 4.90 Å². The summed E-state index contributed by atoms with van der Waals surface area (Å²) in [4.78, 5) is 16.3. The van der Waals surface area contributed by atoms with Gasteiger partial charge >= 0.3 is 0 Å². The quantitative estimate of drug-likeness (QED) is 0.798. The van der Waals surface area contributed by atoms with Crippen molar-refractivity contribution in [3.05, 3.63) is 29.8 Å². The number of piperazine rings is 1. The van der Waals surface area contributed by atoms with Crippen LogP contribution >= 0.6 is 0 Å². The average molecular weight is 352 g/mol. The molecule has 2 aliphatic rings. The van der Waals surface area contributed by atoms with Gasteiger partial charge in [0, 0.05) is 32.2 Å². The number of benzene rings is 1. The van der Waals surface area contributed by atoms with Crippen molar-refractivity contribution in [1.29, 1.82) is 0 Å². The SMILES string of the molecule is Cc1cccc(OCC(=O)N2CCN(C3CCS(=O)(=O)C3)CC2)c1. The Labute approximate surface area is 143 Å². The first-order valence-electron chi connectivity index (χ1n) is 8.35. The number of ether oxygens (including phenoxy) is 1. The van der Waals surface area contributed by atoms with Gasteiger partial charge in [0.2, 0.25) is 0 Å². The number of hydrogen-bond donors (Lipinski definition) is 0. The lowest BCUT2D eigenvalue weighted by Crippen LogP contribution is -2.53. The molecule has 1 aromatic rings. The highest BCUT2D eigenvalue weighted by atomic mass is 32.2. The van der Waals surface area contributed by atoms with E-state index in [9.17, 15) is 13.2 Å². The third-order valence-corrected chi connectivity index (χ3v) is 6.49. The van der Waals surface area contributed by atoms with Crippen LogP contribution < -0.4 is 4.74 Å². The van der Waals surface area contributed by atoms with E-state index in [-0.39, 0.29) is 24.3 Å². The van der Waals surface area contributed by atoms with Gasteiger partial charge in [0.25, 0.3) is 5.91 Å². The molecule has 3 rings (SSSR count). The number of carbonyl (C=O) groups is 1. The topological polar surface area (TPSA) is 66.9 Å². The molecule has 0 radical (unpaired) electrons. The third-order valence-electron chi connectivity index (χ3n) is 4.74. The second-order valence-corrected chi connectivity index (χ2v) is 8.81. The van der Waals surface area contributed by atoms with E-state index in [4.69, 9.17) is 4.74 Å². The van der Waals surface area contributed by atoms with Gasteiger partial charge in [-0.1, -0.05) is 12.1 Å². The molecule has 7 heteroatoms. The monoisotopic (exact) mass is 352 g/mol. The maximum absolute atomic E-state index is 12.3. The van der Waals surface area contributed by atoms with Crippen LogP contribution in [0.2, 0.25) is 0 Å². The van der Waals surface area contributed by atoms with E-state index in [1.54, 1.807) is 4.90 Å². The zero-order chi connectivity index (χ0) is 17.2. The molecule has 1 unspecified atom stereocenters. The van der Waals surface area contributed by atoms with Crippen LogP contribution in [0.3, 0.4) is 0 Å². The van der Waals surface area contributed by atoms with E-state index in [0.717, 1.165) is 18.7 Å². The Bertz CT molecular complexity index is 696. The largest absolute Gasteiger partial charge is 0.484 e. The molecule has 2 aliphatic heterocycles. The minimum Gasteiger partial charge on any atom is -0.484 e. The molecule has 132 valence electrons. The van der Waals surface area contributed by atoms with Crippen molar-refractivity contribution in [2.45, 2.75) is 19.4 Å². The lowest BCUT2D eigenvalue weighted by atomic mass is 10.2. The molecule has 2 saturated heterocycles. The molecule has 1 atom stereocenters. The summed E-state index contributed by atoms with van der Waals surface area (Å²) in [5, 5.41) is 0. The van der Waals surface area contributed by atoms with Gasteiger partial charge in [0.15, 0.2) is 16.4 Å². The summed E-state index contributed by atoms with van der Waals surface area (Å²) in [6, 6.07) is 7.77. The van der Waals surface area contributed by atoms with Crippen LogP contribution in [0.5, 0.6) is 5.75 Å². The van der Waals surface area contributed by atoms with Crippen molar-refractivity contribution in [3.8, 4) is 5.75 Å². The highest BCUT2D eigenvalue weighted by Crippen LogP contribution is 2.19. The van der Waals surface area contributed by atoms with Gasteiger partial charge in [-0.3, -0.25) is 9.69 Å². The predicted octanol–water partition coefficient (Wildman–Crippen LogP) is 0.705. The van der Waals surface area contributed by atoms with Crippen molar-refractivity contribution in [1.82, 2.24) is 9.80 Å². The highest BCUT2D eigenvalue weighted by Gasteiger charge is 2.34. The predicted molar refractivity (Wildman–Crippen MR) is 91.9 cm³/mol. The van der Waals surface area contributed by atoms with Crippen molar-refractivity contribution in [2.75, 3.05) is 44.3 Å². The van der Waals surface area contributed by atoms with Crippen LogP contribution in [0.1, 0.15) is 12.0 Å². The Morgan fingerprint density at radius 1 is 1.25 bits per heavy atom. The molecule has 0 saturated carbocycles. The number of aryl methyl sites for hydroxylation is 1. The van der Waals surface area contributed by atoms with E-state index < -0.39 is 9.84 Å². The van der Waals surface area contributed by atoms with E-state index in [0.29, 0.717) is 31.0 Å². The lowest BCUT2D eigenvalue weighted by Gasteiger charge is -2.37. The van der Waals surface area contributed by atoms with Gasteiger partial charge in [-0.05, 0) is 31.0 Å². The summed E-state index contributed by atoms with van der Waals surface area (Å²) in [6.07, 6.45) is 0.715. The first-order chi connectivity index (χ1) is 11.4. The molecule has 1 amide bonds. The molecule has 2 fully saturated rings. The third kappa shape index (κ3) is 4.27. The van der Waals surface area contributed by atoms with Gasteiger partial charge in [0.05, 0.1) is 11.5 Å². The number of amides is 1.